The standard InChI is InChI=1S/C17H25F2N/c1-17(2,3)13-4-5-16(20)12(9-13)6-11-7-14(18)10-15(19)8-11/h7-8,10,12-13,16H,4-6,9,20H2,1-3H3. The van der Waals surface area contributed by atoms with Crippen LogP contribution in [0, 0.1) is 28.9 Å². The number of benzene rings is 1. The summed E-state index contributed by atoms with van der Waals surface area (Å²) >= 11 is 0. The third-order valence-electron chi connectivity index (χ3n) is 4.69. The third-order valence-corrected chi connectivity index (χ3v) is 4.69. The van der Waals surface area contributed by atoms with Gasteiger partial charge in [-0.2, -0.15) is 0 Å². The van der Waals surface area contributed by atoms with E-state index < -0.39 is 11.6 Å². The fourth-order valence-corrected chi connectivity index (χ4v) is 3.34. The Balaban J connectivity index is 2.10. The SMILES string of the molecule is CC(C)(C)C1CCC(N)C(Cc2cc(F)cc(F)c2)C1. The average Bonchev–Trinajstić information content (AvgIpc) is 2.29. The fourth-order valence-electron chi connectivity index (χ4n) is 3.34. The molecule has 1 saturated carbocycles. The summed E-state index contributed by atoms with van der Waals surface area (Å²) in [4.78, 5) is 0. The maximum atomic E-state index is 13.3. The monoisotopic (exact) mass is 281 g/mol. The van der Waals surface area contributed by atoms with Crippen molar-refractivity contribution in [2.75, 3.05) is 0 Å². The topological polar surface area (TPSA) is 26.0 Å². The molecule has 1 nitrogen and oxygen atoms in total. The van der Waals surface area contributed by atoms with Gasteiger partial charge in [-0.1, -0.05) is 20.8 Å². The van der Waals surface area contributed by atoms with Gasteiger partial charge in [0.25, 0.3) is 0 Å². The van der Waals surface area contributed by atoms with E-state index in [1.165, 1.54) is 12.1 Å². The van der Waals surface area contributed by atoms with E-state index in [1.54, 1.807) is 0 Å². The predicted molar refractivity (Wildman–Crippen MR) is 78.3 cm³/mol. The van der Waals surface area contributed by atoms with Gasteiger partial charge in [-0.05, 0) is 60.6 Å². The van der Waals surface area contributed by atoms with Crippen molar-refractivity contribution in [2.45, 2.75) is 52.5 Å². The van der Waals surface area contributed by atoms with Crippen molar-refractivity contribution in [3.05, 3.63) is 35.4 Å². The lowest BCUT2D eigenvalue weighted by molar-refractivity contribution is 0.126. The molecule has 1 aromatic rings. The van der Waals surface area contributed by atoms with Crippen LogP contribution in [-0.4, -0.2) is 6.04 Å². The second kappa shape index (κ2) is 5.80. The van der Waals surface area contributed by atoms with Crippen LogP contribution in [0.25, 0.3) is 0 Å². The van der Waals surface area contributed by atoms with E-state index in [4.69, 9.17) is 5.73 Å². The van der Waals surface area contributed by atoms with Crippen molar-refractivity contribution in [3.63, 3.8) is 0 Å². The van der Waals surface area contributed by atoms with E-state index in [2.05, 4.69) is 20.8 Å². The Morgan fingerprint density at radius 1 is 1.10 bits per heavy atom. The maximum absolute atomic E-state index is 13.3. The zero-order valence-corrected chi connectivity index (χ0v) is 12.6. The van der Waals surface area contributed by atoms with Crippen LogP contribution in [0.3, 0.4) is 0 Å². The molecule has 1 aliphatic rings. The zero-order valence-electron chi connectivity index (χ0n) is 12.6. The Morgan fingerprint density at radius 3 is 2.25 bits per heavy atom. The third kappa shape index (κ3) is 3.78. The van der Waals surface area contributed by atoms with Crippen molar-refractivity contribution in [1.82, 2.24) is 0 Å². The summed E-state index contributed by atoms with van der Waals surface area (Å²) in [7, 11) is 0. The minimum Gasteiger partial charge on any atom is -0.327 e. The van der Waals surface area contributed by atoms with Crippen LogP contribution < -0.4 is 5.73 Å². The lowest BCUT2D eigenvalue weighted by Gasteiger charge is -2.40. The molecule has 1 aliphatic carbocycles. The van der Waals surface area contributed by atoms with E-state index >= 15 is 0 Å². The van der Waals surface area contributed by atoms with Gasteiger partial charge in [-0.15, -0.1) is 0 Å². The molecule has 0 amide bonds. The van der Waals surface area contributed by atoms with Crippen LogP contribution in [0.15, 0.2) is 18.2 Å². The molecule has 0 aromatic heterocycles. The molecule has 3 heteroatoms. The Bertz CT molecular complexity index is 444. The van der Waals surface area contributed by atoms with Crippen molar-refractivity contribution >= 4 is 0 Å². The molecule has 0 bridgehead atoms. The lowest BCUT2D eigenvalue weighted by Crippen LogP contribution is -2.40. The Labute approximate surface area is 120 Å². The first-order chi connectivity index (χ1) is 9.25. The predicted octanol–water partition coefficient (Wildman–Crippen LogP) is 4.30. The van der Waals surface area contributed by atoms with Crippen LogP contribution in [0.1, 0.15) is 45.6 Å². The molecule has 3 unspecified atom stereocenters. The summed E-state index contributed by atoms with van der Waals surface area (Å²) in [6.07, 6.45) is 3.87. The molecule has 0 spiro atoms. The number of nitrogens with two attached hydrogens (primary N) is 1. The highest BCUT2D eigenvalue weighted by Gasteiger charge is 2.34. The molecule has 20 heavy (non-hydrogen) atoms. The molecular weight excluding hydrogens is 256 g/mol. The highest BCUT2D eigenvalue weighted by molar-refractivity contribution is 5.19. The van der Waals surface area contributed by atoms with Crippen LogP contribution >= 0.6 is 0 Å². The number of hydrogen-bond donors (Lipinski definition) is 1. The van der Waals surface area contributed by atoms with E-state index in [-0.39, 0.29) is 11.5 Å². The van der Waals surface area contributed by atoms with Gasteiger partial charge in [-0.3, -0.25) is 0 Å². The second-order valence-electron chi connectivity index (χ2n) is 7.28. The summed E-state index contributed by atoms with van der Waals surface area (Å²) in [5, 5.41) is 0. The van der Waals surface area contributed by atoms with Crippen LogP contribution in [0.5, 0.6) is 0 Å². The summed E-state index contributed by atoms with van der Waals surface area (Å²) < 4.78 is 26.5. The van der Waals surface area contributed by atoms with Gasteiger partial charge in [0.05, 0.1) is 0 Å². The van der Waals surface area contributed by atoms with Crippen molar-refractivity contribution in [2.24, 2.45) is 23.0 Å². The Kier molecular flexibility index (Phi) is 4.48. The molecule has 2 rings (SSSR count). The highest BCUT2D eigenvalue weighted by atomic mass is 19.1. The van der Waals surface area contributed by atoms with E-state index in [1.807, 2.05) is 0 Å². The minimum absolute atomic E-state index is 0.139. The summed E-state index contributed by atoms with van der Waals surface area (Å²) in [6, 6.07) is 3.91. The lowest BCUT2D eigenvalue weighted by atomic mass is 9.66. The minimum atomic E-state index is -0.503. The highest BCUT2D eigenvalue weighted by Crippen LogP contribution is 2.40. The fraction of sp³-hybridized carbons (Fsp3) is 0.647. The van der Waals surface area contributed by atoms with Gasteiger partial charge in [-0.25, -0.2) is 8.78 Å². The van der Waals surface area contributed by atoms with E-state index in [9.17, 15) is 8.78 Å². The zero-order chi connectivity index (χ0) is 14.9. The molecule has 0 aliphatic heterocycles. The van der Waals surface area contributed by atoms with Crippen molar-refractivity contribution in [3.8, 4) is 0 Å². The Hall–Kier alpha value is -0.960. The first kappa shape index (κ1) is 15.4. The first-order valence-electron chi connectivity index (χ1n) is 7.46. The molecule has 1 fully saturated rings. The molecule has 112 valence electrons. The van der Waals surface area contributed by atoms with Crippen LogP contribution in [-0.2, 0) is 6.42 Å². The summed E-state index contributed by atoms with van der Waals surface area (Å²) in [5.41, 5.74) is 7.21. The maximum Gasteiger partial charge on any atom is 0.126 e. The molecule has 2 N–H and O–H groups in total. The van der Waals surface area contributed by atoms with Crippen LogP contribution in [0.4, 0.5) is 8.78 Å². The largest absolute Gasteiger partial charge is 0.327 e. The first-order valence-corrected chi connectivity index (χ1v) is 7.46. The van der Waals surface area contributed by atoms with Gasteiger partial charge in [0.2, 0.25) is 0 Å². The molecule has 1 aromatic carbocycles. The quantitative estimate of drug-likeness (QED) is 0.859. The summed E-state index contributed by atoms with van der Waals surface area (Å²) in [5.74, 6) is -0.0617. The molecule has 0 heterocycles. The van der Waals surface area contributed by atoms with Gasteiger partial charge >= 0.3 is 0 Å². The summed E-state index contributed by atoms with van der Waals surface area (Å²) in [6.45, 7) is 6.77. The average molecular weight is 281 g/mol. The molecular formula is C17H25F2N. The molecule has 0 radical (unpaired) electrons. The second-order valence-corrected chi connectivity index (χ2v) is 7.28. The van der Waals surface area contributed by atoms with E-state index in [0.717, 1.165) is 30.9 Å². The Morgan fingerprint density at radius 2 is 1.70 bits per heavy atom. The van der Waals surface area contributed by atoms with Crippen LogP contribution in [0.2, 0.25) is 0 Å². The number of rotatable bonds is 2. The number of halogens is 2. The van der Waals surface area contributed by atoms with Gasteiger partial charge < -0.3 is 5.73 Å². The van der Waals surface area contributed by atoms with E-state index in [0.29, 0.717) is 18.3 Å². The van der Waals surface area contributed by atoms with Gasteiger partial charge in [0.15, 0.2) is 0 Å². The normalized spacial score (nSPS) is 27.6. The smallest absolute Gasteiger partial charge is 0.126 e. The number of hydrogen-bond acceptors (Lipinski definition) is 1. The van der Waals surface area contributed by atoms with Crippen molar-refractivity contribution < 1.29 is 8.78 Å². The molecule has 3 atom stereocenters. The van der Waals surface area contributed by atoms with Crippen molar-refractivity contribution in [1.29, 1.82) is 0 Å². The van der Waals surface area contributed by atoms with Gasteiger partial charge in [0.1, 0.15) is 11.6 Å². The molecule has 0 saturated heterocycles. The van der Waals surface area contributed by atoms with Gasteiger partial charge in [0, 0.05) is 12.1 Å².